The van der Waals surface area contributed by atoms with Gasteiger partial charge in [0.2, 0.25) is 6.35 Å². The fourth-order valence-corrected chi connectivity index (χ4v) is 4.46. The number of amides is 1. The van der Waals surface area contributed by atoms with Crippen LogP contribution in [0.5, 0.6) is 5.75 Å². The normalized spacial score (nSPS) is 16.2. The van der Waals surface area contributed by atoms with E-state index in [0.717, 1.165) is 44.7 Å². The molecule has 2 atom stereocenters. The zero-order valence-corrected chi connectivity index (χ0v) is 22.9. The van der Waals surface area contributed by atoms with Gasteiger partial charge in [0.1, 0.15) is 11.6 Å². The highest BCUT2D eigenvalue weighted by Gasteiger charge is 2.24. The molecule has 0 bridgehead atoms. The maximum absolute atomic E-state index is 13.2. The number of carbonyl (C=O) groups is 1. The van der Waals surface area contributed by atoms with Crippen molar-refractivity contribution in [2.75, 3.05) is 51.0 Å². The van der Waals surface area contributed by atoms with E-state index in [2.05, 4.69) is 60.0 Å². The van der Waals surface area contributed by atoms with E-state index < -0.39 is 6.35 Å². The Hall–Kier alpha value is -3.73. The average molecular weight is 534 g/mol. The number of rotatable bonds is 13. The number of ether oxygens (including phenoxy) is 1. The topological polar surface area (TPSA) is 115 Å². The summed E-state index contributed by atoms with van der Waals surface area (Å²) in [5.41, 5.74) is 3.13. The minimum atomic E-state index is -1.14. The number of hydrogen-bond acceptors (Lipinski definition) is 9. The number of aliphatic hydroxyl groups excluding tert-OH is 1. The van der Waals surface area contributed by atoms with Crippen LogP contribution in [-0.4, -0.2) is 83.5 Å². The first-order valence-electron chi connectivity index (χ1n) is 13.3. The van der Waals surface area contributed by atoms with Crippen LogP contribution in [0.4, 0.5) is 11.5 Å². The van der Waals surface area contributed by atoms with Gasteiger partial charge in [-0.1, -0.05) is 30.3 Å². The van der Waals surface area contributed by atoms with Gasteiger partial charge in [0.15, 0.2) is 0 Å². The Labute approximate surface area is 230 Å². The molecule has 1 aliphatic heterocycles. The van der Waals surface area contributed by atoms with Crippen molar-refractivity contribution in [1.29, 1.82) is 0 Å². The van der Waals surface area contributed by atoms with Crippen LogP contribution in [0.25, 0.3) is 0 Å². The third-order valence-electron chi connectivity index (χ3n) is 6.47. The SMILES string of the molecule is Cc1cnc(NC(O)Nc2ccc(C(=O)NC3CCN(Cc4ccccc4)C3)cc2OCCCN(C)C)cn1. The number of likely N-dealkylation sites (tertiary alicyclic amines) is 1. The van der Waals surface area contributed by atoms with E-state index in [1.807, 2.05) is 27.1 Å². The summed E-state index contributed by atoms with van der Waals surface area (Å²) in [6, 6.07) is 15.7. The molecule has 1 amide bonds. The summed E-state index contributed by atoms with van der Waals surface area (Å²) >= 11 is 0. The Balaban J connectivity index is 1.38. The summed E-state index contributed by atoms with van der Waals surface area (Å²) in [6.45, 7) is 5.83. The molecule has 10 heteroatoms. The van der Waals surface area contributed by atoms with Crippen LogP contribution >= 0.6 is 0 Å². The molecule has 4 rings (SSSR count). The minimum absolute atomic E-state index is 0.0881. The summed E-state index contributed by atoms with van der Waals surface area (Å²) in [4.78, 5) is 26.0. The van der Waals surface area contributed by atoms with E-state index in [4.69, 9.17) is 4.74 Å². The summed E-state index contributed by atoms with van der Waals surface area (Å²) in [5.74, 6) is 0.789. The summed E-state index contributed by atoms with van der Waals surface area (Å²) in [5, 5.41) is 19.6. The first-order chi connectivity index (χ1) is 18.9. The Morgan fingerprint density at radius 1 is 1.15 bits per heavy atom. The van der Waals surface area contributed by atoms with Gasteiger partial charge >= 0.3 is 0 Å². The lowest BCUT2D eigenvalue weighted by atomic mass is 10.1. The van der Waals surface area contributed by atoms with Crippen molar-refractivity contribution in [2.45, 2.75) is 38.7 Å². The molecule has 0 saturated carbocycles. The second-order valence-corrected chi connectivity index (χ2v) is 10.1. The fourth-order valence-electron chi connectivity index (χ4n) is 4.46. The maximum Gasteiger partial charge on any atom is 0.251 e. The van der Waals surface area contributed by atoms with Crippen molar-refractivity contribution in [3.8, 4) is 5.75 Å². The monoisotopic (exact) mass is 533 g/mol. The molecule has 2 unspecified atom stereocenters. The molecule has 1 saturated heterocycles. The first-order valence-corrected chi connectivity index (χ1v) is 13.3. The zero-order chi connectivity index (χ0) is 27.6. The van der Waals surface area contributed by atoms with Crippen LogP contribution in [0, 0.1) is 6.92 Å². The molecule has 10 nitrogen and oxygen atoms in total. The summed E-state index contributed by atoms with van der Waals surface area (Å²) in [7, 11) is 4.02. The van der Waals surface area contributed by atoms with Crippen LogP contribution in [0.15, 0.2) is 60.9 Å². The van der Waals surface area contributed by atoms with Gasteiger partial charge in [-0.2, -0.15) is 0 Å². The molecule has 2 aromatic carbocycles. The molecule has 4 N–H and O–H groups in total. The van der Waals surface area contributed by atoms with Gasteiger partial charge in [0, 0.05) is 37.8 Å². The van der Waals surface area contributed by atoms with Gasteiger partial charge in [-0.15, -0.1) is 0 Å². The van der Waals surface area contributed by atoms with Gasteiger partial charge in [-0.25, -0.2) is 4.98 Å². The van der Waals surface area contributed by atoms with Crippen LogP contribution in [0.3, 0.4) is 0 Å². The average Bonchev–Trinajstić information content (AvgIpc) is 3.35. The van der Waals surface area contributed by atoms with Gasteiger partial charge in [0.25, 0.3) is 5.91 Å². The molecule has 1 fully saturated rings. The Morgan fingerprint density at radius 3 is 2.72 bits per heavy atom. The van der Waals surface area contributed by atoms with Crippen LogP contribution in [0.1, 0.15) is 34.5 Å². The number of nitrogens with one attached hydrogen (secondary N) is 3. The highest BCUT2D eigenvalue weighted by atomic mass is 16.5. The molecular weight excluding hydrogens is 494 g/mol. The van der Waals surface area contributed by atoms with Crippen molar-refractivity contribution in [1.82, 2.24) is 25.1 Å². The molecule has 0 spiro atoms. The lowest BCUT2D eigenvalue weighted by Crippen LogP contribution is -2.37. The second-order valence-electron chi connectivity index (χ2n) is 10.1. The Morgan fingerprint density at radius 2 is 1.97 bits per heavy atom. The van der Waals surface area contributed by atoms with Crippen molar-refractivity contribution in [2.24, 2.45) is 0 Å². The number of benzene rings is 2. The van der Waals surface area contributed by atoms with Gasteiger partial charge in [-0.3, -0.25) is 14.7 Å². The maximum atomic E-state index is 13.2. The number of carbonyl (C=O) groups excluding carboxylic acids is 1. The van der Waals surface area contributed by atoms with Crippen molar-refractivity contribution in [3.63, 3.8) is 0 Å². The van der Waals surface area contributed by atoms with Crippen molar-refractivity contribution < 1.29 is 14.6 Å². The molecular formula is C29H39N7O3. The number of aliphatic hydroxyl groups is 1. The number of aryl methyl sites for hydroxylation is 1. The third-order valence-corrected chi connectivity index (χ3v) is 6.47. The highest BCUT2D eigenvalue weighted by molar-refractivity contribution is 5.95. The quantitative estimate of drug-likeness (QED) is 0.194. The lowest BCUT2D eigenvalue weighted by molar-refractivity contribution is 0.0937. The van der Waals surface area contributed by atoms with Crippen molar-refractivity contribution in [3.05, 3.63) is 77.7 Å². The van der Waals surface area contributed by atoms with Gasteiger partial charge in [0.05, 0.1) is 30.4 Å². The number of aromatic nitrogens is 2. The number of nitrogens with zero attached hydrogens (tertiary/aromatic N) is 4. The molecule has 0 aliphatic carbocycles. The van der Waals surface area contributed by atoms with E-state index in [9.17, 15) is 9.90 Å². The van der Waals surface area contributed by atoms with E-state index in [1.54, 1.807) is 30.6 Å². The fraction of sp³-hybridized carbons (Fsp3) is 0.414. The zero-order valence-electron chi connectivity index (χ0n) is 22.9. The molecule has 3 aromatic rings. The third kappa shape index (κ3) is 8.91. The van der Waals surface area contributed by atoms with Gasteiger partial charge in [-0.05, 0) is 57.6 Å². The van der Waals surface area contributed by atoms with E-state index in [1.165, 1.54) is 5.56 Å². The van der Waals surface area contributed by atoms with E-state index in [-0.39, 0.29) is 11.9 Å². The molecule has 0 radical (unpaired) electrons. The molecule has 39 heavy (non-hydrogen) atoms. The van der Waals surface area contributed by atoms with Crippen molar-refractivity contribution >= 4 is 17.4 Å². The smallest absolute Gasteiger partial charge is 0.251 e. The van der Waals surface area contributed by atoms with E-state index >= 15 is 0 Å². The van der Waals surface area contributed by atoms with Crippen LogP contribution < -0.4 is 20.7 Å². The number of hydrogen-bond donors (Lipinski definition) is 4. The number of anilines is 2. The molecule has 2 heterocycles. The predicted molar refractivity (Wildman–Crippen MR) is 153 cm³/mol. The summed E-state index contributed by atoms with van der Waals surface area (Å²) in [6.07, 6.45) is 3.76. The first kappa shape index (κ1) is 28.3. The highest BCUT2D eigenvalue weighted by Crippen LogP contribution is 2.27. The predicted octanol–water partition coefficient (Wildman–Crippen LogP) is 2.92. The lowest BCUT2D eigenvalue weighted by Gasteiger charge is -2.20. The Kier molecular flexibility index (Phi) is 10.1. The second kappa shape index (κ2) is 13.9. The molecule has 1 aliphatic rings. The van der Waals surface area contributed by atoms with Gasteiger partial charge < -0.3 is 30.7 Å². The Bertz CT molecular complexity index is 1190. The molecule has 208 valence electrons. The largest absolute Gasteiger partial charge is 0.491 e. The minimum Gasteiger partial charge on any atom is -0.491 e. The standard InChI is InChI=1S/C29H39N7O3/c1-21-17-31-27(18-30-21)34-29(38)33-25-11-10-23(16-26(25)39-15-7-13-35(2)3)28(37)32-24-12-14-36(20-24)19-22-8-5-4-6-9-22/h4-6,8-11,16-18,24,29,33,38H,7,12-15,19-20H2,1-3H3,(H,31,34)(H,32,37). The van der Waals surface area contributed by atoms with E-state index in [0.29, 0.717) is 29.4 Å². The summed E-state index contributed by atoms with van der Waals surface area (Å²) < 4.78 is 6.05. The van der Waals surface area contributed by atoms with Crippen LogP contribution in [-0.2, 0) is 6.54 Å². The van der Waals surface area contributed by atoms with Crippen LogP contribution in [0.2, 0.25) is 0 Å². The molecule has 1 aromatic heterocycles.